The fourth-order valence-corrected chi connectivity index (χ4v) is 1.97. The summed E-state index contributed by atoms with van der Waals surface area (Å²) < 4.78 is 5.44. The third-order valence-electron chi connectivity index (χ3n) is 3.07. The van der Waals surface area contributed by atoms with Crippen molar-refractivity contribution in [2.24, 2.45) is 5.84 Å². The molecule has 0 saturated heterocycles. The second-order valence-corrected chi connectivity index (χ2v) is 4.80. The maximum atomic E-state index is 11.0. The van der Waals surface area contributed by atoms with Crippen LogP contribution in [0.25, 0.3) is 0 Å². The number of aromatic nitrogens is 2. The Balaban J connectivity index is 2.56. The summed E-state index contributed by atoms with van der Waals surface area (Å²) in [7, 11) is 0. The SMILES string of the molecule is CCCCCCCCOc1nc(NN)nc(C)c1[N+](=O)[O-]. The Bertz CT molecular complexity index is 467. The molecule has 1 heterocycles. The highest BCUT2D eigenvalue weighted by Gasteiger charge is 2.23. The Morgan fingerprint density at radius 1 is 1.24 bits per heavy atom. The van der Waals surface area contributed by atoms with Crippen LogP contribution < -0.4 is 16.0 Å². The highest BCUT2D eigenvalue weighted by atomic mass is 16.6. The number of nitrogen functional groups attached to an aromatic ring is 1. The summed E-state index contributed by atoms with van der Waals surface area (Å²) in [5.74, 6) is 5.31. The van der Waals surface area contributed by atoms with Gasteiger partial charge in [-0.3, -0.25) is 15.5 Å². The van der Waals surface area contributed by atoms with E-state index in [0.29, 0.717) is 6.61 Å². The van der Waals surface area contributed by atoms with Gasteiger partial charge in [0.2, 0.25) is 5.95 Å². The second kappa shape index (κ2) is 9.06. The van der Waals surface area contributed by atoms with Crippen LogP contribution >= 0.6 is 0 Å². The summed E-state index contributed by atoms with van der Waals surface area (Å²) in [5.41, 5.74) is 2.29. The van der Waals surface area contributed by atoms with E-state index in [9.17, 15) is 10.1 Å². The first-order valence-corrected chi connectivity index (χ1v) is 7.22. The van der Waals surface area contributed by atoms with Crippen molar-refractivity contribution >= 4 is 11.6 Å². The predicted molar refractivity (Wildman–Crippen MR) is 80.1 cm³/mol. The second-order valence-electron chi connectivity index (χ2n) is 4.80. The number of unbranched alkanes of at least 4 members (excludes halogenated alkanes) is 5. The van der Waals surface area contributed by atoms with E-state index in [2.05, 4.69) is 22.3 Å². The van der Waals surface area contributed by atoms with E-state index < -0.39 is 4.92 Å². The summed E-state index contributed by atoms with van der Waals surface area (Å²) in [6.45, 7) is 4.09. The Hall–Kier alpha value is -1.96. The largest absolute Gasteiger partial charge is 0.473 e. The van der Waals surface area contributed by atoms with E-state index in [-0.39, 0.29) is 23.2 Å². The minimum Gasteiger partial charge on any atom is -0.473 e. The van der Waals surface area contributed by atoms with E-state index in [1.54, 1.807) is 0 Å². The first-order chi connectivity index (χ1) is 10.1. The van der Waals surface area contributed by atoms with Gasteiger partial charge >= 0.3 is 5.69 Å². The van der Waals surface area contributed by atoms with Crippen molar-refractivity contribution in [2.45, 2.75) is 52.4 Å². The van der Waals surface area contributed by atoms with Gasteiger partial charge in [-0.05, 0) is 13.3 Å². The van der Waals surface area contributed by atoms with Gasteiger partial charge in [0, 0.05) is 0 Å². The molecule has 0 atom stereocenters. The van der Waals surface area contributed by atoms with Crippen LogP contribution in [0.15, 0.2) is 0 Å². The maximum absolute atomic E-state index is 11.0. The topological polar surface area (TPSA) is 116 Å². The number of ether oxygens (including phenoxy) is 1. The molecule has 0 amide bonds. The zero-order chi connectivity index (χ0) is 15.7. The average Bonchev–Trinajstić information content (AvgIpc) is 2.45. The van der Waals surface area contributed by atoms with Crippen molar-refractivity contribution in [3.05, 3.63) is 15.8 Å². The number of nitro groups is 1. The number of aryl methyl sites for hydroxylation is 1. The van der Waals surface area contributed by atoms with Crippen molar-refractivity contribution in [3.8, 4) is 5.88 Å². The predicted octanol–water partition coefficient (Wildman–Crippen LogP) is 2.72. The summed E-state index contributed by atoms with van der Waals surface area (Å²) in [4.78, 5) is 18.3. The lowest BCUT2D eigenvalue weighted by atomic mass is 10.1. The maximum Gasteiger partial charge on any atom is 0.352 e. The molecule has 0 fully saturated rings. The minimum atomic E-state index is -0.536. The van der Waals surface area contributed by atoms with Gasteiger partial charge in [0.25, 0.3) is 5.88 Å². The minimum absolute atomic E-state index is 0.0333. The van der Waals surface area contributed by atoms with Gasteiger partial charge in [0.05, 0.1) is 11.5 Å². The van der Waals surface area contributed by atoms with Gasteiger partial charge in [-0.25, -0.2) is 10.8 Å². The van der Waals surface area contributed by atoms with E-state index >= 15 is 0 Å². The molecule has 1 rings (SSSR count). The Morgan fingerprint density at radius 2 is 1.90 bits per heavy atom. The number of rotatable bonds is 10. The molecule has 21 heavy (non-hydrogen) atoms. The average molecular weight is 297 g/mol. The zero-order valence-corrected chi connectivity index (χ0v) is 12.6. The van der Waals surface area contributed by atoms with Gasteiger partial charge in [-0.1, -0.05) is 39.0 Å². The van der Waals surface area contributed by atoms with Crippen LogP contribution in [0.4, 0.5) is 11.6 Å². The number of hydrogen-bond acceptors (Lipinski definition) is 7. The smallest absolute Gasteiger partial charge is 0.352 e. The highest BCUT2D eigenvalue weighted by molar-refractivity contribution is 5.48. The molecule has 1 aromatic heterocycles. The lowest BCUT2D eigenvalue weighted by Crippen LogP contribution is -2.13. The first-order valence-electron chi connectivity index (χ1n) is 7.22. The number of nitrogens with one attached hydrogen (secondary N) is 1. The Morgan fingerprint density at radius 3 is 2.52 bits per heavy atom. The number of nitrogens with two attached hydrogens (primary N) is 1. The van der Waals surface area contributed by atoms with Crippen molar-refractivity contribution < 1.29 is 9.66 Å². The van der Waals surface area contributed by atoms with Crippen LogP contribution in [-0.2, 0) is 0 Å². The molecule has 0 spiro atoms. The summed E-state index contributed by atoms with van der Waals surface area (Å²) >= 11 is 0. The molecular formula is C13H23N5O3. The lowest BCUT2D eigenvalue weighted by Gasteiger charge is -2.08. The van der Waals surface area contributed by atoms with E-state index in [1.807, 2.05) is 0 Å². The van der Waals surface area contributed by atoms with E-state index in [1.165, 1.54) is 26.2 Å². The highest BCUT2D eigenvalue weighted by Crippen LogP contribution is 2.28. The molecule has 1 aromatic rings. The standard InChI is InChI=1S/C13H23N5O3/c1-3-4-5-6-7-8-9-21-12-11(18(19)20)10(2)15-13(16-12)17-14/h3-9,14H2,1-2H3,(H,15,16,17). The summed E-state index contributed by atoms with van der Waals surface area (Å²) in [6.07, 6.45) is 6.69. The molecule has 3 N–H and O–H groups in total. The van der Waals surface area contributed by atoms with E-state index in [0.717, 1.165) is 19.3 Å². The molecule has 0 aliphatic carbocycles. The molecule has 0 radical (unpaired) electrons. The molecule has 0 aliphatic rings. The van der Waals surface area contributed by atoms with Gasteiger partial charge in [0.1, 0.15) is 5.69 Å². The first kappa shape index (κ1) is 17.1. The fraction of sp³-hybridized carbons (Fsp3) is 0.692. The molecule has 118 valence electrons. The van der Waals surface area contributed by atoms with Gasteiger partial charge in [0.15, 0.2) is 0 Å². The molecule has 0 unspecified atom stereocenters. The molecule has 0 saturated carbocycles. The lowest BCUT2D eigenvalue weighted by molar-refractivity contribution is -0.387. The molecule has 0 aromatic carbocycles. The fourth-order valence-electron chi connectivity index (χ4n) is 1.97. The van der Waals surface area contributed by atoms with Crippen LogP contribution in [0.2, 0.25) is 0 Å². The van der Waals surface area contributed by atoms with Crippen LogP contribution in [-0.4, -0.2) is 21.5 Å². The Kier molecular flexibility index (Phi) is 7.38. The van der Waals surface area contributed by atoms with Crippen LogP contribution in [0.5, 0.6) is 5.88 Å². The van der Waals surface area contributed by atoms with E-state index in [4.69, 9.17) is 10.6 Å². The molecule has 0 aliphatic heterocycles. The Labute approximate surface area is 124 Å². The monoisotopic (exact) mass is 297 g/mol. The number of hydrazine groups is 1. The third kappa shape index (κ3) is 5.50. The molecule has 8 nitrogen and oxygen atoms in total. The van der Waals surface area contributed by atoms with Gasteiger partial charge in [-0.2, -0.15) is 4.98 Å². The summed E-state index contributed by atoms with van der Waals surface area (Å²) in [5, 5.41) is 11.0. The quantitative estimate of drug-likeness (QED) is 0.295. The molecule has 8 heteroatoms. The van der Waals surface area contributed by atoms with Crippen molar-refractivity contribution in [1.29, 1.82) is 0 Å². The van der Waals surface area contributed by atoms with Crippen molar-refractivity contribution in [1.82, 2.24) is 9.97 Å². The van der Waals surface area contributed by atoms with Gasteiger partial charge in [-0.15, -0.1) is 0 Å². The number of anilines is 1. The number of hydrogen-bond donors (Lipinski definition) is 2. The molecule has 0 bridgehead atoms. The van der Waals surface area contributed by atoms with Crippen molar-refractivity contribution in [3.63, 3.8) is 0 Å². The third-order valence-corrected chi connectivity index (χ3v) is 3.07. The van der Waals surface area contributed by atoms with Gasteiger partial charge < -0.3 is 4.74 Å². The van der Waals surface area contributed by atoms with Crippen LogP contribution in [0, 0.1) is 17.0 Å². The van der Waals surface area contributed by atoms with Crippen molar-refractivity contribution in [2.75, 3.05) is 12.0 Å². The normalized spacial score (nSPS) is 10.4. The molecular weight excluding hydrogens is 274 g/mol. The van der Waals surface area contributed by atoms with Crippen LogP contribution in [0.3, 0.4) is 0 Å². The number of nitrogens with zero attached hydrogens (tertiary/aromatic N) is 3. The zero-order valence-electron chi connectivity index (χ0n) is 12.6. The van der Waals surface area contributed by atoms with Crippen LogP contribution in [0.1, 0.15) is 51.1 Å². The summed E-state index contributed by atoms with van der Waals surface area (Å²) in [6, 6.07) is 0.